The third kappa shape index (κ3) is 4.57. The van der Waals surface area contributed by atoms with Crippen molar-refractivity contribution in [3.63, 3.8) is 0 Å². The van der Waals surface area contributed by atoms with E-state index in [2.05, 4.69) is 10.2 Å². The number of nitrogens with zero attached hydrogens (tertiary/aromatic N) is 4. The summed E-state index contributed by atoms with van der Waals surface area (Å²) < 4.78 is 8.23. The first-order valence-corrected chi connectivity index (χ1v) is 10.9. The number of hydrogen-bond donors (Lipinski definition) is 1. The minimum Gasteiger partial charge on any atom is -0.494 e. The van der Waals surface area contributed by atoms with Gasteiger partial charge in [-0.3, -0.25) is 13.9 Å². The number of halogens is 1. The summed E-state index contributed by atoms with van der Waals surface area (Å²) in [6, 6.07) is 22.7. The third-order valence-electron chi connectivity index (χ3n) is 4.74. The lowest BCUT2D eigenvalue weighted by atomic mass is 10.3. The number of benzene rings is 3. The van der Waals surface area contributed by atoms with Crippen LogP contribution in [0.15, 0.2) is 93.9 Å². The van der Waals surface area contributed by atoms with Gasteiger partial charge in [0.25, 0.3) is 5.56 Å². The fraction of sp³-hybridized carbons (Fsp3) is 0.0833. The van der Waals surface area contributed by atoms with Crippen molar-refractivity contribution in [2.45, 2.75) is 6.92 Å². The van der Waals surface area contributed by atoms with Crippen LogP contribution in [0.4, 0.5) is 11.4 Å². The predicted molar refractivity (Wildman–Crippen MR) is 131 cm³/mol. The highest BCUT2D eigenvalue weighted by atomic mass is 35.5. The first kappa shape index (κ1) is 22.4. The van der Waals surface area contributed by atoms with Gasteiger partial charge in [0.15, 0.2) is 4.77 Å². The topological polar surface area (TPSA) is 81.1 Å². The lowest BCUT2D eigenvalue weighted by molar-refractivity contribution is 0.340. The Labute approximate surface area is 199 Å². The number of aromatic hydroxyl groups is 1. The molecule has 166 valence electrons. The number of para-hydroxylation sites is 1. The van der Waals surface area contributed by atoms with Crippen molar-refractivity contribution < 1.29 is 9.84 Å². The van der Waals surface area contributed by atoms with Gasteiger partial charge in [0.1, 0.15) is 11.4 Å². The van der Waals surface area contributed by atoms with Crippen LogP contribution in [-0.2, 0) is 0 Å². The Balaban J connectivity index is 1.96. The quantitative estimate of drug-likeness (QED) is 0.252. The molecule has 0 unspecified atom stereocenters. The summed E-state index contributed by atoms with van der Waals surface area (Å²) in [5, 5.41) is 19.6. The Bertz CT molecular complexity index is 1430. The normalized spacial score (nSPS) is 11.1. The lowest BCUT2D eigenvalue weighted by Gasteiger charge is -2.16. The fourth-order valence-electron chi connectivity index (χ4n) is 3.20. The predicted octanol–water partition coefficient (Wildman–Crippen LogP) is 6.53. The molecule has 0 radical (unpaired) electrons. The lowest BCUT2D eigenvalue weighted by Crippen LogP contribution is -2.23. The van der Waals surface area contributed by atoms with Crippen molar-refractivity contribution >= 4 is 35.2 Å². The van der Waals surface area contributed by atoms with E-state index in [1.165, 1.54) is 9.13 Å². The van der Waals surface area contributed by atoms with E-state index in [0.717, 1.165) is 0 Å². The van der Waals surface area contributed by atoms with Gasteiger partial charge in [0.05, 0.1) is 23.0 Å². The molecule has 33 heavy (non-hydrogen) atoms. The summed E-state index contributed by atoms with van der Waals surface area (Å²) in [5.74, 6) is 0.236. The molecule has 0 saturated carbocycles. The molecule has 9 heteroatoms. The molecule has 7 nitrogen and oxygen atoms in total. The molecule has 1 aromatic heterocycles. The average molecular weight is 479 g/mol. The van der Waals surface area contributed by atoms with E-state index >= 15 is 0 Å². The molecule has 0 bridgehead atoms. The SMILES string of the molecule is CCOc1ccc(-n2c(O)c(N=Nc3ccccc3Cl)c(=O)n(-c3ccccc3)c2=S)cc1. The van der Waals surface area contributed by atoms with Gasteiger partial charge in [-0.25, -0.2) is 0 Å². The van der Waals surface area contributed by atoms with E-state index in [1.54, 1.807) is 72.8 Å². The summed E-state index contributed by atoms with van der Waals surface area (Å²) in [4.78, 5) is 13.4. The van der Waals surface area contributed by atoms with Crippen molar-refractivity contribution in [3.05, 3.63) is 99.0 Å². The maximum atomic E-state index is 13.4. The Kier molecular flexibility index (Phi) is 6.67. The van der Waals surface area contributed by atoms with Crippen LogP contribution in [0.1, 0.15) is 6.92 Å². The molecule has 0 amide bonds. The zero-order chi connectivity index (χ0) is 23.4. The van der Waals surface area contributed by atoms with Crippen LogP contribution in [-0.4, -0.2) is 20.8 Å². The van der Waals surface area contributed by atoms with Crippen LogP contribution in [0.3, 0.4) is 0 Å². The largest absolute Gasteiger partial charge is 0.494 e. The maximum absolute atomic E-state index is 13.4. The summed E-state index contributed by atoms with van der Waals surface area (Å²) in [5.41, 5.74) is 0.531. The highest BCUT2D eigenvalue weighted by molar-refractivity contribution is 7.71. The molecule has 0 saturated heterocycles. The Morgan fingerprint density at radius 3 is 2.21 bits per heavy atom. The van der Waals surface area contributed by atoms with E-state index in [4.69, 9.17) is 28.6 Å². The second-order valence-electron chi connectivity index (χ2n) is 6.84. The van der Waals surface area contributed by atoms with Crippen molar-refractivity contribution in [2.24, 2.45) is 10.2 Å². The van der Waals surface area contributed by atoms with E-state index < -0.39 is 11.4 Å². The highest BCUT2D eigenvalue weighted by Gasteiger charge is 2.19. The van der Waals surface area contributed by atoms with E-state index in [0.29, 0.717) is 34.4 Å². The summed E-state index contributed by atoms with van der Waals surface area (Å²) in [6.45, 7) is 2.41. The number of hydrogen-bond acceptors (Lipinski definition) is 6. The molecular formula is C24H19ClN4O3S. The van der Waals surface area contributed by atoms with Gasteiger partial charge in [-0.1, -0.05) is 41.9 Å². The van der Waals surface area contributed by atoms with Gasteiger partial charge in [-0.05, 0) is 67.7 Å². The molecule has 0 spiro atoms. The smallest absolute Gasteiger partial charge is 0.290 e. The van der Waals surface area contributed by atoms with Gasteiger partial charge >= 0.3 is 0 Å². The highest BCUT2D eigenvalue weighted by Crippen LogP contribution is 2.31. The molecule has 4 rings (SSSR count). The van der Waals surface area contributed by atoms with Crippen molar-refractivity contribution in [1.82, 2.24) is 9.13 Å². The van der Waals surface area contributed by atoms with Crippen molar-refractivity contribution in [3.8, 4) is 23.0 Å². The minimum atomic E-state index is -0.610. The number of ether oxygens (including phenoxy) is 1. The van der Waals surface area contributed by atoms with Crippen LogP contribution in [0.2, 0.25) is 5.02 Å². The van der Waals surface area contributed by atoms with Gasteiger partial charge < -0.3 is 9.84 Å². The molecule has 0 atom stereocenters. The van der Waals surface area contributed by atoms with Gasteiger partial charge in [0, 0.05) is 0 Å². The summed E-state index contributed by atoms with van der Waals surface area (Å²) in [6.07, 6.45) is 0. The van der Waals surface area contributed by atoms with E-state index in [1.807, 2.05) is 13.0 Å². The summed E-state index contributed by atoms with van der Waals surface area (Å²) >= 11 is 11.8. The molecule has 0 aliphatic heterocycles. The van der Waals surface area contributed by atoms with Crippen LogP contribution in [0, 0.1) is 4.77 Å². The van der Waals surface area contributed by atoms with Crippen molar-refractivity contribution in [1.29, 1.82) is 0 Å². The fourth-order valence-corrected chi connectivity index (χ4v) is 3.76. The average Bonchev–Trinajstić information content (AvgIpc) is 2.82. The van der Waals surface area contributed by atoms with Gasteiger partial charge in [-0.15, -0.1) is 10.2 Å². The minimum absolute atomic E-state index is 0.0737. The molecule has 4 aromatic rings. The zero-order valence-corrected chi connectivity index (χ0v) is 19.1. The molecule has 0 aliphatic carbocycles. The van der Waals surface area contributed by atoms with Crippen LogP contribution in [0.5, 0.6) is 11.6 Å². The molecule has 1 N–H and O–H groups in total. The van der Waals surface area contributed by atoms with Crippen molar-refractivity contribution in [2.75, 3.05) is 6.61 Å². The monoisotopic (exact) mass is 478 g/mol. The maximum Gasteiger partial charge on any atom is 0.290 e. The van der Waals surface area contributed by atoms with Gasteiger partial charge in [0.2, 0.25) is 11.6 Å². The standard InChI is InChI=1S/C24H19ClN4O3S/c1-2-32-18-14-12-17(13-15-18)29-23(31)21(27-26-20-11-7-6-10-19(20)25)22(30)28(24(29)33)16-8-4-3-5-9-16/h3-15,31H,2H2,1H3. The summed E-state index contributed by atoms with van der Waals surface area (Å²) in [7, 11) is 0. The zero-order valence-electron chi connectivity index (χ0n) is 17.6. The first-order valence-electron chi connectivity index (χ1n) is 10.1. The Morgan fingerprint density at radius 1 is 0.909 bits per heavy atom. The Morgan fingerprint density at radius 2 is 1.55 bits per heavy atom. The van der Waals surface area contributed by atoms with Crippen LogP contribution >= 0.6 is 23.8 Å². The molecule has 1 heterocycles. The number of aromatic nitrogens is 2. The number of azo groups is 1. The first-order chi connectivity index (χ1) is 16.0. The molecular weight excluding hydrogens is 460 g/mol. The Hall–Kier alpha value is -3.75. The molecule has 0 aliphatic rings. The van der Waals surface area contributed by atoms with E-state index in [-0.39, 0.29) is 10.5 Å². The van der Waals surface area contributed by atoms with Crippen LogP contribution < -0.4 is 10.3 Å². The second-order valence-corrected chi connectivity index (χ2v) is 7.62. The second kappa shape index (κ2) is 9.81. The molecule has 0 fully saturated rings. The third-order valence-corrected chi connectivity index (χ3v) is 5.43. The van der Waals surface area contributed by atoms with Gasteiger partial charge in [-0.2, -0.15) is 0 Å². The molecule has 3 aromatic carbocycles. The van der Waals surface area contributed by atoms with E-state index in [9.17, 15) is 9.90 Å². The number of rotatable bonds is 6. The van der Waals surface area contributed by atoms with Crippen LogP contribution in [0.25, 0.3) is 11.4 Å².